The molecule has 1 atom stereocenters. The zero-order valence-corrected chi connectivity index (χ0v) is 9.60. The average Bonchev–Trinajstić information content (AvgIpc) is 2.65. The molecule has 0 aliphatic heterocycles. The Labute approximate surface area is 92.6 Å². The van der Waals surface area contributed by atoms with E-state index in [1.54, 1.807) is 7.11 Å². The Morgan fingerprint density at radius 3 is 3.07 bits per heavy atom. The number of rotatable bonds is 7. The molecular formula is C9H17N3O2S. The second-order valence-electron chi connectivity index (χ2n) is 3.23. The fourth-order valence-corrected chi connectivity index (χ4v) is 1.80. The van der Waals surface area contributed by atoms with Gasteiger partial charge >= 0.3 is 4.87 Å². The van der Waals surface area contributed by atoms with Crippen molar-refractivity contribution in [1.82, 2.24) is 10.3 Å². The number of hydrogen-bond acceptors (Lipinski definition) is 5. The van der Waals surface area contributed by atoms with Gasteiger partial charge in [0.2, 0.25) is 0 Å². The van der Waals surface area contributed by atoms with Crippen LogP contribution >= 0.6 is 11.3 Å². The largest absolute Gasteiger partial charge is 0.380 e. The molecule has 0 saturated carbocycles. The smallest absolute Gasteiger partial charge is 0.304 e. The Morgan fingerprint density at radius 2 is 2.53 bits per heavy atom. The number of ether oxygens (including phenoxy) is 1. The molecule has 0 spiro atoms. The second-order valence-corrected chi connectivity index (χ2v) is 4.07. The lowest BCUT2D eigenvalue weighted by Crippen LogP contribution is -2.27. The van der Waals surface area contributed by atoms with E-state index in [0.29, 0.717) is 13.1 Å². The van der Waals surface area contributed by atoms with Gasteiger partial charge in [0.25, 0.3) is 0 Å². The topological polar surface area (TPSA) is 80.1 Å². The summed E-state index contributed by atoms with van der Waals surface area (Å²) in [6.45, 7) is 2.04. The summed E-state index contributed by atoms with van der Waals surface area (Å²) in [6, 6.07) is 0. The van der Waals surface area contributed by atoms with Crippen molar-refractivity contribution in [1.29, 1.82) is 0 Å². The number of H-pyrrole nitrogens is 1. The first-order valence-electron chi connectivity index (χ1n) is 4.86. The van der Waals surface area contributed by atoms with Crippen molar-refractivity contribution in [3.63, 3.8) is 0 Å². The third kappa shape index (κ3) is 4.57. The Morgan fingerprint density at radius 1 is 1.73 bits per heavy atom. The number of aromatic nitrogens is 1. The van der Waals surface area contributed by atoms with Gasteiger partial charge in [-0.3, -0.25) is 4.79 Å². The molecule has 86 valence electrons. The molecule has 0 bridgehead atoms. The molecule has 4 N–H and O–H groups in total. The quantitative estimate of drug-likeness (QED) is 0.572. The molecule has 0 saturated heterocycles. The van der Waals surface area contributed by atoms with Gasteiger partial charge in [0.15, 0.2) is 0 Å². The highest BCUT2D eigenvalue weighted by molar-refractivity contribution is 7.07. The van der Waals surface area contributed by atoms with E-state index in [-0.39, 0.29) is 11.0 Å². The van der Waals surface area contributed by atoms with Crippen LogP contribution in [0.3, 0.4) is 0 Å². The molecule has 1 unspecified atom stereocenters. The molecule has 15 heavy (non-hydrogen) atoms. The van der Waals surface area contributed by atoms with Crippen LogP contribution in [0.15, 0.2) is 10.2 Å². The third-order valence-electron chi connectivity index (χ3n) is 2.13. The Balaban J connectivity index is 2.14. The molecule has 0 aliphatic carbocycles. The maximum absolute atomic E-state index is 10.8. The van der Waals surface area contributed by atoms with Crippen molar-refractivity contribution < 1.29 is 4.74 Å². The summed E-state index contributed by atoms with van der Waals surface area (Å²) in [5.74, 6) is 0. The fraction of sp³-hybridized carbons (Fsp3) is 0.667. The van der Waals surface area contributed by atoms with E-state index in [1.807, 2.05) is 5.38 Å². The lowest BCUT2D eigenvalue weighted by atomic mass is 10.2. The van der Waals surface area contributed by atoms with E-state index in [1.165, 1.54) is 11.3 Å². The summed E-state index contributed by atoms with van der Waals surface area (Å²) in [4.78, 5) is 13.5. The number of nitrogens with one attached hydrogen (secondary N) is 2. The first-order chi connectivity index (χ1) is 7.26. The van der Waals surface area contributed by atoms with Gasteiger partial charge in [-0.05, 0) is 13.0 Å². The highest BCUT2D eigenvalue weighted by Gasteiger charge is 2.03. The maximum Gasteiger partial charge on any atom is 0.304 e. The summed E-state index contributed by atoms with van der Waals surface area (Å²) in [5, 5.41) is 5.04. The molecule has 1 aromatic rings. The van der Waals surface area contributed by atoms with Crippen LogP contribution in [0.5, 0.6) is 0 Å². The first kappa shape index (κ1) is 12.4. The predicted molar refractivity (Wildman–Crippen MR) is 61.1 cm³/mol. The summed E-state index contributed by atoms with van der Waals surface area (Å²) >= 11 is 1.18. The Kier molecular flexibility index (Phi) is 5.56. The highest BCUT2D eigenvalue weighted by Crippen LogP contribution is 1.96. The molecule has 1 rings (SSSR count). The van der Waals surface area contributed by atoms with Gasteiger partial charge in [-0.25, -0.2) is 0 Å². The minimum Gasteiger partial charge on any atom is -0.380 e. The number of aromatic amines is 1. The van der Waals surface area contributed by atoms with E-state index >= 15 is 0 Å². The third-order valence-corrected chi connectivity index (χ3v) is 2.84. The Bertz CT molecular complexity index is 319. The van der Waals surface area contributed by atoms with Gasteiger partial charge in [0.1, 0.15) is 0 Å². The van der Waals surface area contributed by atoms with Crippen LogP contribution in [0.25, 0.3) is 0 Å². The molecule has 0 aliphatic rings. The van der Waals surface area contributed by atoms with Gasteiger partial charge in [0.05, 0.1) is 6.10 Å². The molecular weight excluding hydrogens is 214 g/mol. The van der Waals surface area contributed by atoms with Crippen LogP contribution in [-0.2, 0) is 11.3 Å². The molecule has 1 heterocycles. The van der Waals surface area contributed by atoms with Crippen LogP contribution in [0.2, 0.25) is 0 Å². The van der Waals surface area contributed by atoms with Gasteiger partial charge in [-0.1, -0.05) is 11.3 Å². The van der Waals surface area contributed by atoms with Gasteiger partial charge in [0, 0.05) is 31.3 Å². The zero-order chi connectivity index (χ0) is 11.1. The number of nitrogens with two attached hydrogens (primary N) is 1. The average molecular weight is 231 g/mol. The van der Waals surface area contributed by atoms with Crippen molar-refractivity contribution in [3.8, 4) is 0 Å². The van der Waals surface area contributed by atoms with Gasteiger partial charge < -0.3 is 20.8 Å². The van der Waals surface area contributed by atoms with Crippen LogP contribution in [0.1, 0.15) is 12.1 Å². The summed E-state index contributed by atoms with van der Waals surface area (Å²) in [7, 11) is 1.66. The maximum atomic E-state index is 10.8. The van der Waals surface area contributed by atoms with Crippen LogP contribution in [0, 0.1) is 0 Å². The van der Waals surface area contributed by atoms with Crippen molar-refractivity contribution in [2.45, 2.75) is 19.1 Å². The van der Waals surface area contributed by atoms with Crippen LogP contribution in [0.4, 0.5) is 0 Å². The van der Waals surface area contributed by atoms with Crippen molar-refractivity contribution in [3.05, 3.63) is 20.7 Å². The number of hydrogen-bond donors (Lipinski definition) is 3. The summed E-state index contributed by atoms with van der Waals surface area (Å²) in [6.07, 6.45) is 0.987. The lowest BCUT2D eigenvalue weighted by Gasteiger charge is -2.12. The van der Waals surface area contributed by atoms with E-state index in [2.05, 4.69) is 10.3 Å². The molecule has 1 aromatic heterocycles. The minimum absolute atomic E-state index is 0.0106. The Hall–Kier alpha value is -0.690. The lowest BCUT2D eigenvalue weighted by molar-refractivity contribution is 0.102. The number of methoxy groups -OCH3 is 1. The molecule has 5 nitrogen and oxygen atoms in total. The predicted octanol–water partition coefficient (Wildman–Crippen LogP) is -0.110. The highest BCUT2D eigenvalue weighted by atomic mass is 32.1. The molecule has 0 fully saturated rings. The van der Waals surface area contributed by atoms with E-state index in [4.69, 9.17) is 10.5 Å². The zero-order valence-electron chi connectivity index (χ0n) is 8.79. The van der Waals surface area contributed by atoms with Crippen molar-refractivity contribution in [2.24, 2.45) is 5.73 Å². The van der Waals surface area contributed by atoms with Gasteiger partial charge in [-0.2, -0.15) is 0 Å². The van der Waals surface area contributed by atoms with E-state index in [0.717, 1.165) is 18.7 Å². The van der Waals surface area contributed by atoms with Crippen LogP contribution < -0.4 is 15.9 Å². The molecule has 0 amide bonds. The first-order valence-corrected chi connectivity index (χ1v) is 5.74. The number of thiazole rings is 1. The molecule has 0 radical (unpaired) electrons. The summed E-state index contributed by atoms with van der Waals surface area (Å²) in [5.41, 5.74) is 6.40. The summed E-state index contributed by atoms with van der Waals surface area (Å²) < 4.78 is 5.14. The minimum atomic E-state index is -0.0106. The standard InChI is InChI=1S/C9H17N3O2S/c1-14-8(4-10)2-3-11-5-7-6-15-9(13)12-7/h6,8,11H,2-5,10H2,1H3,(H,12,13). The van der Waals surface area contributed by atoms with Crippen LogP contribution in [-0.4, -0.2) is 31.3 Å². The van der Waals surface area contributed by atoms with Crippen molar-refractivity contribution >= 4 is 11.3 Å². The normalized spacial score (nSPS) is 12.9. The second kappa shape index (κ2) is 6.73. The molecule has 6 heteroatoms. The SMILES string of the molecule is COC(CN)CCNCc1csc(=O)[nH]1. The van der Waals surface area contributed by atoms with Crippen molar-refractivity contribution in [2.75, 3.05) is 20.2 Å². The molecule has 0 aromatic carbocycles. The fourth-order valence-electron chi connectivity index (χ4n) is 1.22. The monoisotopic (exact) mass is 231 g/mol. The van der Waals surface area contributed by atoms with E-state index in [9.17, 15) is 4.79 Å². The van der Waals surface area contributed by atoms with Gasteiger partial charge in [-0.15, -0.1) is 0 Å². The van der Waals surface area contributed by atoms with E-state index < -0.39 is 0 Å².